The van der Waals surface area contributed by atoms with Crippen molar-refractivity contribution in [2.24, 2.45) is 11.8 Å². The van der Waals surface area contributed by atoms with E-state index < -0.39 is 0 Å². The Bertz CT molecular complexity index is 377. The van der Waals surface area contributed by atoms with Gasteiger partial charge in [0, 0.05) is 17.6 Å². The number of para-hydroxylation sites is 1. The summed E-state index contributed by atoms with van der Waals surface area (Å²) in [6.45, 7) is 11.4. The van der Waals surface area contributed by atoms with Gasteiger partial charge in [0.15, 0.2) is 0 Å². The van der Waals surface area contributed by atoms with Gasteiger partial charge in [-0.1, -0.05) is 45.9 Å². The van der Waals surface area contributed by atoms with Gasteiger partial charge in [-0.2, -0.15) is 0 Å². The molecule has 20 heavy (non-hydrogen) atoms. The molecule has 0 saturated heterocycles. The van der Waals surface area contributed by atoms with Crippen LogP contribution in [0.3, 0.4) is 0 Å². The van der Waals surface area contributed by atoms with E-state index in [1.165, 1.54) is 18.4 Å². The fourth-order valence-electron chi connectivity index (χ4n) is 2.84. The van der Waals surface area contributed by atoms with E-state index in [1.807, 2.05) is 12.1 Å². The molecule has 0 heterocycles. The molecular weight excluding hydrogens is 246 g/mol. The highest BCUT2D eigenvalue weighted by Gasteiger charge is 2.18. The number of methoxy groups -OCH3 is 1. The summed E-state index contributed by atoms with van der Waals surface area (Å²) in [5, 5.41) is 3.79. The van der Waals surface area contributed by atoms with Crippen LogP contribution in [0, 0.1) is 11.8 Å². The third-order valence-electron chi connectivity index (χ3n) is 3.60. The zero-order valence-corrected chi connectivity index (χ0v) is 13.9. The Hall–Kier alpha value is -1.02. The lowest BCUT2D eigenvalue weighted by molar-refractivity contribution is 0.329. The Labute approximate surface area is 124 Å². The second-order valence-electron chi connectivity index (χ2n) is 6.59. The summed E-state index contributed by atoms with van der Waals surface area (Å²) in [6, 6.07) is 9.17. The van der Waals surface area contributed by atoms with Gasteiger partial charge in [-0.15, -0.1) is 0 Å². The van der Waals surface area contributed by atoms with Crippen LogP contribution in [0.25, 0.3) is 0 Å². The average molecular weight is 277 g/mol. The highest BCUT2D eigenvalue weighted by atomic mass is 16.5. The van der Waals surface area contributed by atoms with Crippen LogP contribution in [0.15, 0.2) is 24.3 Å². The molecule has 0 radical (unpaired) electrons. The molecule has 0 aliphatic rings. The molecule has 2 nitrogen and oxygen atoms in total. The van der Waals surface area contributed by atoms with Gasteiger partial charge >= 0.3 is 0 Å². The van der Waals surface area contributed by atoms with Crippen LogP contribution < -0.4 is 10.1 Å². The van der Waals surface area contributed by atoms with Gasteiger partial charge in [-0.3, -0.25) is 0 Å². The number of benzene rings is 1. The number of hydrogen-bond acceptors (Lipinski definition) is 2. The van der Waals surface area contributed by atoms with Crippen LogP contribution in [0.1, 0.15) is 59.1 Å². The molecule has 0 aliphatic heterocycles. The maximum Gasteiger partial charge on any atom is 0.123 e. The summed E-state index contributed by atoms with van der Waals surface area (Å²) in [7, 11) is 1.74. The summed E-state index contributed by atoms with van der Waals surface area (Å²) in [4.78, 5) is 0. The molecule has 114 valence electrons. The molecule has 1 atom stereocenters. The van der Waals surface area contributed by atoms with Crippen molar-refractivity contribution in [3.8, 4) is 5.75 Å². The summed E-state index contributed by atoms with van der Waals surface area (Å²) >= 11 is 0. The van der Waals surface area contributed by atoms with Crippen molar-refractivity contribution in [2.45, 2.75) is 59.5 Å². The molecule has 1 N–H and O–H groups in total. The monoisotopic (exact) mass is 277 g/mol. The van der Waals surface area contributed by atoms with Crippen molar-refractivity contribution in [3.05, 3.63) is 29.8 Å². The first-order chi connectivity index (χ1) is 9.43. The van der Waals surface area contributed by atoms with Gasteiger partial charge in [0.25, 0.3) is 0 Å². The summed E-state index contributed by atoms with van der Waals surface area (Å²) in [5.74, 6) is 2.41. The van der Waals surface area contributed by atoms with Crippen molar-refractivity contribution >= 4 is 0 Å². The Morgan fingerprint density at radius 1 is 0.950 bits per heavy atom. The number of rotatable bonds is 8. The van der Waals surface area contributed by atoms with Gasteiger partial charge in [0.05, 0.1) is 7.11 Å². The number of nitrogens with one attached hydrogen (secondary N) is 1. The van der Waals surface area contributed by atoms with E-state index in [1.54, 1.807) is 7.11 Å². The number of ether oxygens (including phenoxy) is 1. The minimum Gasteiger partial charge on any atom is -0.496 e. The average Bonchev–Trinajstić information content (AvgIpc) is 2.36. The molecular formula is C18H31NO. The maximum absolute atomic E-state index is 5.47. The molecule has 1 rings (SSSR count). The highest BCUT2D eigenvalue weighted by Crippen LogP contribution is 2.26. The zero-order chi connectivity index (χ0) is 15.1. The molecule has 0 fully saturated rings. The Kier molecular flexibility index (Phi) is 7.08. The predicted molar refractivity (Wildman–Crippen MR) is 87.2 cm³/mol. The minimum absolute atomic E-state index is 0.314. The van der Waals surface area contributed by atoms with Crippen LogP contribution in [0.4, 0.5) is 0 Å². The largest absolute Gasteiger partial charge is 0.496 e. The topological polar surface area (TPSA) is 21.3 Å². The standard InChI is InChI=1S/C18H31NO/c1-13(2)11-16(12-14(3)4)19-15(5)17-9-7-8-10-18(17)20-6/h7-10,13-16,19H,11-12H2,1-6H3. The summed E-state index contributed by atoms with van der Waals surface area (Å²) < 4.78 is 5.47. The molecule has 0 aromatic heterocycles. The Morgan fingerprint density at radius 2 is 1.50 bits per heavy atom. The van der Waals surface area contributed by atoms with E-state index in [0.29, 0.717) is 12.1 Å². The maximum atomic E-state index is 5.47. The van der Waals surface area contributed by atoms with Crippen LogP contribution in [-0.4, -0.2) is 13.2 Å². The van der Waals surface area contributed by atoms with E-state index in [4.69, 9.17) is 4.74 Å². The van der Waals surface area contributed by atoms with Gasteiger partial charge in [-0.05, 0) is 37.7 Å². The van der Waals surface area contributed by atoms with Crippen LogP contribution in [0.5, 0.6) is 5.75 Å². The third-order valence-corrected chi connectivity index (χ3v) is 3.60. The van der Waals surface area contributed by atoms with Crippen molar-refractivity contribution in [1.82, 2.24) is 5.32 Å². The van der Waals surface area contributed by atoms with E-state index in [2.05, 4.69) is 52.1 Å². The Balaban J connectivity index is 2.76. The highest BCUT2D eigenvalue weighted by molar-refractivity contribution is 5.35. The lowest BCUT2D eigenvalue weighted by Crippen LogP contribution is -2.34. The van der Waals surface area contributed by atoms with Crippen LogP contribution >= 0.6 is 0 Å². The van der Waals surface area contributed by atoms with Crippen molar-refractivity contribution in [3.63, 3.8) is 0 Å². The van der Waals surface area contributed by atoms with Crippen LogP contribution in [-0.2, 0) is 0 Å². The second-order valence-corrected chi connectivity index (χ2v) is 6.59. The molecule has 1 aromatic carbocycles. The van der Waals surface area contributed by atoms with E-state index in [-0.39, 0.29) is 0 Å². The van der Waals surface area contributed by atoms with Crippen molar-refractivity contribution in [2.75, 3.05) is 7.11 Å². The lowest BCUT2D eigenvalue weighted by Gasteiger charge is -2.27. The van der Waals surface area contributed by atoms with E-state index in [9.17, 15) is 0 Å². The zero-order valence-electron chi connectivity index (χ0n) is 13.9. The molecule has 0 saturated carbocycles. The molecule has 0 aliphatic carbocycles. The third kappa shape index (κ3) is 5.54. The molecule has 0 spiro atoms. The molecule has 2 heteroatoms. The van der Waals surface area contributed by atoms with Crippen molar-refractivity contribution < 1.29 is 4.74 Å². The smallest absolute Gasteiger partial charge is 0.123 e. The molecule has 0 bridgehead atoms. The van der Waals surface area contributed by atoms with E-state index >= 15 is 0 Å². The summed E-state index contributed by atoms with van der Waals surface area (Å²) in [5.41, 5.74) is 1.24. The van der Waals surface area contributed by atoms with E-state index in [0.717, 1.165) is 17.6 Å². The molecule has 0 amide bonds. The Morgan fingerprint density at radius 3 is 2.00 bits per heavy atom. The van der Waals surface area contributed by atoms with Gasteiger partial charge in [-0.25, -0.2) is 0 Å². The summed E-state index contributed by atoms with van der Waals surface area (Å²) in [6.07, 6.45) is 2.44. The SMILES string of the molecule is COc1ccccc1C(C)NC(CC(C)C)CC(C)C. The van der Waals surface area contributed by atoms with Gasteiger partial charge in [0.2, 0.25) is 0 Å². The molecule has 1 unspecified atom stereocenters. The fraction of sp³-hybridized carbons (Fsp3) is 0.667. The first-order valence-corrected chi connectivity index (χ1v) is 7.83. The normalized spacial score (nSPS) is 13.2. The van der Waals surface area contributed by atoms with Gasteiger partial charge < -0.3 is 10.1 Å². The number of hydrogen-bond donors (Lipinski definition) is 1. The quantitative estimate of drug-likeness (QED) is 0.736. The van der Waals surface area contributed by atoms with Gasteiger partial charge in [0.1, 0.15) is 5.75 Å². The lowest BCUT2D eigenvalue weighted by atomic mass is 9.94. The minimum atomic E-state index is 0.314. The van der Waals surface area contributed by atoms with Crippen molar-refractivity contribution in [1.29, 1.82) is 0 Å². The first kappa shape index (κ1) is 17.0. The first-order valence-electron chi connectivity index (χ1n) is 7.83. The fourth-order valence-corrected chi connectivity index (χ4v) is 2.84. The van der Waals surface area contributed by atoms with Crippen LogP contribution in [0.2, 0.25) is 0 Å². The second kappa shape index (κ2) is 8.31. The molecule has 1 aromatic rings. The predicted octanol–water partition coefficient (Wildman–Crippen LogP) is 4.81.